The normalized spacial score (nSPS) is 32.2. The van der Waals surface area contributed by atoms with Crippen LogP contribution in [-0.2, 0) is 23.4 Å². The summed E-state index contributed by atoms with van der Waals surface area (Å²) in [5.74, 6) is -2.36. The highest BCUT2D eigenvalue weighted by Gasteiger charge is 2.58. The maximum absolute atomic E-state index is 11.1. The van der Waals surface area contributed by atoms with Crippen molar-refractivity contribution in [3.63, 3.8) is 0 Å². The van der Waals surface area contributed by atoms with E-state index in [1.54, 1.807) is 28.1 Å². The summed E-state index contributed by atoms with van der Waals surface area (Å²) in [4.78, 5) is 0. The summed E-state index contributed by atoms with van der Waals surface area (Å²) in [7, 11) is 1.07. The maximum Gasteiger partial charge on any atom is 0.220 e. The van der Waals surface area contributed by atoms with Crippen molar-refractivity contribution in [3.8, 4) is 0 Å². The van der Waals surface area contributed by atoms with Crippen molar-refractivity contribution < 1.29 is 28.5 Å². The Morgan fingerprint density at radius 2 is 1.55 bits per heavy atom. The van der Waals surface area contributed by atoms with E-state index in [1.807, 2.05) is 30.3 Å². The van der Waals surface area contributed by atoms with Gasteiger partial charge in [0.25, 0.3) is 0 Å². The van der Waals surface area contributed by atoms with Crippen LogP contribution in [0.15, 0.2) is 30.3 Å². The first-order valence-electron chi connectivity index (χ1n) is 10.1. The molecule has 0 amide bonds. The molecule has 0 unspecified atom stereocenters. The number of rotatable bonds is 7. The van der Waals surface area contributed by atoms with Gasteiger partial charge in [0.15, 0.2) is 8.32 Å². The van der Waals surface area contributed by atoms with E-state index in [1.165, 1.54) is 0 Å². The molecule has 1 heterocycles. The van der Waals surface area contributed by atoms with Gasteiger partial charge in [0, 0.05) is 14.2 Å². The number of benzene rings is 1. The van der Waals surface area contributed by atoms with Crippen LogP contribution in [-0.4, -0.2) is 58.0 Å². The molecular formula is C22H38O6Si. The standard InChI is InChI=1S/C22H38O6Si/c1-20(2,3)29(8,9)26-15-17-19(18(23)16-13-11-10-12-14-16)28-22(5,25-7)21(4,24-6)27-17/h10-14,17-19,23H,15H2,1-9H3/t17-,18-,19-,21+,22+/m0/s1. The molecule has 0 spiro atoms. The molecule has 29 heavy (non-hydrogen) atoms. The van der Waals surface area contributed by atoms with Gasteiger partial charge in [-0.2, -0.15) is 0 Å². The summed E-state index contributed by atoms with van der Waals surface area (Å²) in [6.07, 6.45) is -2.12. The molecule has 1 aromatic rings. The summed E-state index contributed by atoms with van der Waals surface area (Å²) in [6.45, 7) is 14.8. The second-order valence-electron chi connectivity index (χ2n) is 9.47. The third-order valence-electron chi connectivity index (χ3n) is 6.57. The van der Waals surface area contributed by atoms with Gasteiger partial charge >= 0.3 is 0 Å². The average Bonchev–Trinajstić information content (AvgIpc) is 2.67. The zero-order chi connectivity index (χ0) is 22.1. The van der Waals surface area contributed by atoms with Gasteiger partial charge in [0.1, 0.15) is 18.3 Å². The van der Waals surface area contributed by atoms with Gasteiger partial charge in [-0.3, -0.25) is 0 Å². The van der Waals surface area contributed by atoms with Crippen molar-refractivity contribution >= 4 is 8.32 Å². The summed E-state index contributed by atoms with van der Waals surface area (Å²) < 4.78 is 30.4. The summed E-state index contributed by atoms with van der Waals surface area (Å²) in [5, 5.41) is 11.2. The molecule has 1 fully saturated rings. The van der Waals surface area contributed by atoms with E-state index in [4.69, 9.17) is 23.4 Å². The summed E-state index contributed by atoms with van der Waals surface area (Å²) in [6, 6.07) is 9.42. The summed E-state index contributed by atoms with van der Waals surface area (Å²) >= 11 is 0. The first-order valence-corrected chi connectivity index (χ1v) is 13.0. The fraction of sp³-hybridized carbons (Fsp3) is 0.727. The molecule has 0 saturated carbocycles. The lowest BCUT2D eigenvalue weighted by Crippen LogP contribution is -2.67. The van der Waals surface area contributed by atoms with Crippen molar-refractivity contribution in [1.82, 2.24) is 0 Å². The van der Waals surface area contributed by atoms with Gasteiger partial charge in [-0.15, -0.1) is 0 Å². The lowest BCUT2D eigenvalue weighted by molar-refractivity contribution is -0.455. The number of ether oxygens (including phenoxy) is 4. The average molecular weight is 427 g/mol. The van der Waals surface area contributed by atoms with Crippen LogP contribution in [0.1, 0.15) is 46.3 Å². The van der Waals surface area contributed by atoms with E-state index in [0.717, 1.165) is 5.56 Å². The van der Waals surface area contributed by atoms with Gasteiger partial charge in [-0.1, -0.05) is 51.1 Å². The first kappa shape index (κ1) is 24.5. The largest absolute Gasteiger partial charge is 0.414 e. The second-order valence-corrected chi connectivity index (χ2v) is 14.3. The molecule has 0 radical (unpaired) electrons. The Balaban J connectivity index is 2.35. The molecule has 1 saturated heterocycles. The van der Waals surface area contributed by atoms with E-state index in [0.29, 0.717) is 6.61 Å². The van der Waals surface area contributed by atoms with Gasteiger partial charge in [-0.25, -0.2) is 0 Å². The molecule has 0 aliphatic carbocycles. The van der Waals surface area contributed by atoms with Gasteiger partial charge < -0.3 is 28.5 Å². The number of hydrogen-bond acceptors (Lipinski definition) is 6. The van der Waals surface area contributed by atoms with Gasteiger partial charge in [-0.05, 0) is 37.5 Å². The molecular weight excluding hydrogens is 388 g/mol. The van der Waals surface area contributed by atoms with Gasteiger partial charge in [0.2, 0.25) is 11.6 Å². The van der Waals surface area contributed by atoms with E-state index >= 15 is 0 Å². The van der Waals surface area contributed by atoms with Crippen LogP contribution in [0.5, 0.6) is 0 Å². The lowest BCUT2D eigenvalue weighted by atomic mass is 9.96. The Hall–Kier alpha value is -0.803. The van der Waals surface area contributed by atoms with Crippen LogP contribution in [0.4, 0.5) is 0 Å². The second kappa shape index (κ2) is 8.75. The van der Waals surface area contributed by atoms with E-state index in [-0.39, 0.29) is 5.04 Å². The Morgan fingerprint density at radius 1 is 1.03 bits per heavy atom. The smallest absolute Gasteiger partial charge is 0.220 e. The van der Waals surface area contributed by atoms with Crippen LogP contribution < -0.4 is 0 Å². The summed E-state index contributed by atoms with van der Waals surface area (Å²) in [5.41, 5.74) is 0.748. The van der Waals surface area contributed by atoms with Crippen molar-refractivity contribution in [1.29, 1.82) is 0 Å². The van der Waals surface area contributed by atoms with Crippen molar-refractivity contribution in [3.05, 3.63) is 35.9 Å². The molecule has 6 nitrogen and oxygen atoms in total. The highest BCUT2D eigenvalue weighted by Crippen LogP contribution is 2.43. The van der Waals surface area contributed by atoms with Crippen LogP contribution in [0.3, 0.4) is 0 Å². The Labute approximate surface area is 176 Å². The molecule has 5 atom stereocenters. The molecule has 1 aliphatic rings. The fourth-order valence-electron chi connectivity index (χ4n) is 3.12. The third kappa shape index (κ3) is 4.93. The minimum Gasteiger partial charge on any atom is -0.414 e. The lowest BCUT2D eigenvalue weighted by Gasteiger charge is -2.53. The fourth-order valence-corrected chi connectivity index (χ4v) is 4.13. The van der Waals surface area contributed by atoms with Crippen molar-refractivity contribution in [2.45, 2.75) is 82.6 Å². The van der Waals surface area contributed by atoms with Crippen LogP contribution >= 0.6 is 0 Å². The van der Waals surface area contributed by atoms with E-state index in [2.05, 4.69) is 33.9 Å². The molecule has 0 aromatic heterocycles. The first-order chi connectivity index (χ1) is 13.3. The topological polar surface area (TPSA) is 66.4 Å². The van der Waals surface area contributed by atoms with Crippen LogP contribution in [0.25, 0.3) is 0 Å². The third-order valence-corrected chi connectivity index (χ3v) is 11.1. The molecule has 166 valence electrons. The minimum atomic E-state index is -2.02. The quantitative estimate of drug-likeness (QED) is 0.658. The highest BCUT2D eigenvalue weighted by atomic mass is 28.4. The Morgan fingerprint density at radius 3 is 2.03 bits per heavy atom. The zero-order valence-electron chi connectivity index (χ0n) is 19.3. The predicted molar refractivity (Wildman–Crippen MR) is 115 cm³/mol. The predicted octanol–water partition coefficient (Wildman–Crippen LogP) is 4.25. The molecule has 1 aliphatic heterocycles. The van der Waals surface area contributed by atoms with Crippen molar-refractivity contribution in [2.75, 3.05) is 20.8 Å². The zero-order valence-corrected chi connectivity index (χ0v) is 20.3. The molecule has 1 N–H and O–H groups in total. The number of hydrogen-bond donors (Lipinski definition) is 1. The highest BCUT2D eigenvalue weighted by molar-refractivity contribution is 6.74. The number of methoxy groups -OCH3 is 2. The van der Waals surface area contributed by atoms with Crippen LogP contribution in [0, 0.1) is 0 Å². The van der Waals surface area contributed by atoms with E-state index in [9.17, 15) is 5.11 Å². The minimum absolute atomic E-state index is 0.0572. The monoisotopic (exact) mass is 426 g/mol. The molecule has 1 aromatic carbocycles. The number of aliphatic hydroxyl groups is 1. The van der Waals surface area contributed by atoms with Crippen molar-refractivity contribution in [2.24, 2.45) is 0 Å². The molecule has 2 rings (SSSR count). The maximum atomic E-state index is 11.1. The molecule has 0 bridgehead atoms. The number of aliphatic hydroxyl groups excluding tert-OH is 1. The molecule has 7 heteroatoms. The Kier molecular flexibility index (Phi) is 7.38. The van der Waals surface area contributed by atoms with Crippen LogP contribution in [0.2, 0.25) is 18.1 Å². The Bertz CT molecular complexity index is 661. The van der Waals surface area contributed by atoms with Gasteiger partial charge in [0.05, 0.1) is 6.61 Å². The van der Waals surface area contributed by atoms with E-state index < -0.39 is 38.2 Å². The SMILES string of the molecule is CO[C@]1(C)O[C@H]([C@@H](O)c2ccccc2)[C@H](CO[Si](C)(C)C(C)(C)C)O[C@@]1(C)OC.